The van der Waals surface area contributed by atoms with Crippen molar-refractivity contribution in [2.24, 2.45) is 5.92 Å². The maximum absolute atomic E-state index is 12.0. The quantitative estimate of drug-likeness (QED) is 0.168. The molecule has 5 heteroatoms. The van der Waals surface area contributed by atoms with Crippen molar-refractivity contribution in [3.63, 3.8) is 0 Å². The van der Waals surface area contributed by atoms with Crippen LogP contribution in [-0.4, -0.2) is 30.1 Å². The standard InChI is InChI=1S/C29H49NO4/c1-25(2)17-14-12-10-8-6-4-3-5-7-9-11-13-15-24-34-27-21-19-26(20-22-27)29(33)30-23-16-18-28(31)32/h19-22,25H,3-18,23-24H2,1-2H3,(H,30,33)(H,31,32). The maximum Gasteiger partial charge on any atom is 0.303 e. The summed E-state index contributed by atoms with van der Waals surface area (Å²) < 4.78 is 5.79. The Balaban J connectivity index is 1.91. The van der Waals surface area contributed by atoms with Crippen molar-refractivity contribution in [2.75, 3.05) is 13.2 Å². The lowest BCUT2D eigenvalue weighted by atomic mass is 10.0. The van der Waals surface area contributed by atoms with E-state index in [0.717, 1.165) is 18.1 Å². The second kappa shape index (κ2) is 20.3. The average Bonchev–Trinajstić information content (AvgIpc) is 2.81. The first-order valence-electron chi connectivity index (χ1n) is 13.7. The van der Waals surface area contributed by atoms with E-state index in [1.165, 1.54) is 83.5 Å². The Kier molecular flexibility index (Phi) is 17.9. The lowest BCUT2D eigenvalue weighted by molar-refractivity contribution is -0.137. The number of aliphatic carboxylic acids is 1. The SMILES string of the molecule is CC(C)CCCCCCCCCCCCCCCOc1ccc(C(=O)NCCCC(=O)O)cc1. The molecule has 0 unspecified atom stereocenters. The van der Waals surface area contributed by atoms with Gasteiger partial charge in [-0.1, -0.05) is 97.3 Å². The molecule has 0 aliphatic carbocycles. The van der Waals surface area contributed by atoms with Crippen molar-refractivity contribution in [1.29, 1.82) is 0 Å². The minimum absolute atomic E-state index is 0.0614. The topological polar surface area (TPSA) is 75.6 Å². The van der Waals surface area contributed by atoms with Gasteiger partial charge in [0.15, 0.2) is 0 Å². The number of rotatable bonds is 22. The Morgan fingerprint density at radius 3 is 1.76 bits per heavy atom. The molecule has 1 amide bonds. The van der Waals surface area contributed by atoms with Crippen LogP contribution in [-0.2, 0) is 4.79 Å². The smallest absolute Gasteiger partial charge is 0.303 e. The number of ether oxygens (including phenoxy) is 1. The molecule has 0 saturated carbocycles. The average molecular weight is 476 g/mol. The van der Waals surface area contributed by atoms with Crippen molar-refractivity contribution in [3.8, 4) is 5.75 Å². The molecular weight excluding hydrogens is 426 g/mol. The number of benzene rings is 1. The number of amides is 1. The Morgan fingerprint density at radius 2 is 1.26 bits per heavy atom. The summed E-state index contributed by atoms with van der Waals surface area (Å²) in [7, 11) is 0. The maximum atomic E-state index is 12.0. The normalized spacial score (nSPS) is 11.0. The van der Waals surface area contributed by atoms with Gasteiger partial charge < -0.3 is 15.2 Å². The Morgan fingerprint density at radius 1 is 0.765 bits per heavy atom. The van der Waals surface area contributed by atoms with Crippen molar-refractivity contribution in [1.82, 2.24) is 5.32 Å². The summed E-state index contributed by atoms with van der Waals surface area (Å²) in [5, 5.41) is 11.3. The summed E-state index contributed by atoms with van der Waals surface area (Å²) in [6, 6.07) is 7.12. The zero-order chi connectivity index (χ0) is 24.9. The molecule has 1 rings (SSSR count). The molecule has 1 aromatic carbocycles. The molecule has 194 valence electrons. The fraction of sp³-hybridized carbons (Fsp3) is 0.724. The van der Waals surface area contributed by atoms with Crippen LogP contribution in [0.3, 0.4) is 0 Å². The summed E-state index contributed by atoms with van der Waals surface area (Å²) in [5.74, 6) is 0.605. The Hall–Kier alpha value is -2.04. The number of hydrogen-bond acceptors (Lipinski definition) is 3. The molecule has 0 bridgehead atoms. The fourth-order valence-corrected chi connectivity index (χ4v) is 4.04. The summed E-state index contributed by atoms with van der Waals surface area (Å²) in [4.78, 5) is 22.5. The van der Waals surface area contributed by atoms with Crippen LogP contribution in [0.5, 0.6) is 5.75 Å². The van der Waals surface area contributed by atoms with E-state index in [2.05, 4.69) is 19.2 Å². The first-order chi connectivity index (χ1) is 16.5. The van der Waals surface area contributed by atoms with E-state index in [0.29, 0.717) is 25.1 Å². The van der Waals surface area contributed by atoms with E-state index in [1.807, 2.05) is 12.1 Å². The van der Waals surface area contributed by atoms with Crippen LogP contribution >= 0.6 is 0 Å². The van der Waals surface area contributed by atoms with Gasteiger partial charge in [0.2, 0.25) is 0 Å². The summed E-state index contributed by atoms with van der Waals surface area (Å²) >= 11 is 0. The van der Waals surface area contributed by atoms with Gasteiger partial charge in [0.1, 0.15) is 5.75 Å². The van der Waals surface area contributed by atoms with E-state index in [-0.39, 0.29) is 12.3 Å². The summed E-state index contributed by atoms with van der Waals surface area (Å²) in [6.45, 7) is 5.70. The predicted octanol–water partition coefficient (Wildman–Crippen LogP) is 7.78. The fourth-order valence-electron chi connectivity index (χ4n) is 4.04. The number of carboxylic acid groups (broad SMARTS) is 1. The lowest BCUT2D eigenvalue weighted by Crippen LogP contribution is -2.24. The Labute approximate surface area is 208 Å². The largest absolute Gasteiger partial charge is 0.494 e. The van der Waals surface area contributed by atoms with Gasteiger partial charge in [-0.25, -0.2) is 0 Å². The third-order valence-corrected chi connectivity index (χ3v) is 6.16. The number of hydrogen-bond donors (Lipinski definition) is 2. The highest BCUT2D eigenvalue weighted by Crippen LogP contribution is 2.15. The number of nitrogens with one attached hydrogen (secondary N) is 1. The third-order valence-electron chi connectivity index (χ3n) is 6.16. The molecule has 0 aliphatic heterocycles. The van der Waals surface area contributed by atoms with Crippen molar-refractivity contribution in [3.05, 3.63) is 29.8 Å². The molecule has 2 N–H and O–H groups in total. The molecule has 0 radical (unpaired) electrons. The zero-order valence-corrected chi connectivity index (χ0v) is 21.8. The first kappa shape index (κ1) is 30.0. The van der Waals surface area contributed by atoms with Crippen LogP contribution < -0.4 is 10.1 Å². The molecule has 34 heavy (non-hydrogen) atoms. The molecular formula is C29H49NO4. The van der Waals surface area contributed by atoms with Crippen LogP contribution in [0.2, 0.25) is 0 Å². The molecule has 0 fully saturated rings. The molecule has 0 heterocycles. The van der Waals surface area contributed by atoms with Gasteiger partial charge in [0, 0.05) is 18.5 Å². The van der Waals surface area contributed by atoms with Gasteiger partial charge in [0.25, 0.3) is 5.91 Å². The van der Waals surface area contributed by atoms with Crippen LogP contribution in [0, 0.1) is 5.92 Å². The molecule has 0 saturated heterocycles. The highest BCUT2D eigenvalue weighted by molar-refractivity contribution is 5.94. The third kappa shape index (κ3) is 17.4. The molecule has 0 atom stereocenters. The van der Waals surface area contributed by atoms with Crippen molar-refractivity contribution >= 4 is 11.9 Å². The highest BCUT2D eigenvalue weighted by atomic mass is 16.5. The van der Waals surface area contributed by atoms with E-state index < -0.39 is 5.97 Å². The van der Waals surface area contributed by atoms with Gasteiger partial charge in [-0.05, 0) is 43.0 Å². The first-order valence-corrected chi connectivity index (χ1v) is 13.7. The number of carboxylic acids is 1. The van der Waals surface area contributed by atoms with E-state index in [1.54, 1.807) is 12.1 Å². The van der Waals surface area contributed by atoms with Gasteiger partial charge in [-0.3, -0.25) is 9.59 Å². The van der Waals surface area contributed by atoms with Crippen molar-refractivity contribution < 1.29 is 19.4 Å². The van der Waals surface area contributed by atoms with Gasteiger partial charge in [-0.2, -0.15) is 0 Å². The van der Waals surface area contributed by atoms with Crippen LogP contribution in [0.15, 0.2) is 24.3 Å². The van der Waals surface area contributed by atoms with E-state index in [9.17, 15) is 9.59 Å². The Bertz CT molecular complexity index is 642. The second-order valence-electron chi connectivity index (χ2n) is 9.90. The number of carbonyl (C=O) groups excluding carboxylic acids is 1. The number of unbranched alkanes of at least 4 members (excludes halogenated alkanes) is 12. The van der Waals surface area contributed by atoms with Gasteiger partial charge in [0.05, 0.1) is 6.61 Å². The minimum atomic E-state index is -0.848. The van der Waals surface area contributed by atoms with Crippen LogP contribution in [0.25, 0.3) is 0 Å². The van der Waals surface area contributed by atoms with Crippen molar-refractivity contribution in [2.45, 2.75) is 117 Å². The molecule has 1 aromatic rings. The highest BCUT2D eigenvalue weighted by Gasteiger charge is 2.06. The monoisotopic (exact) mass is 475 g/mol. The molecule has 0 aromatic heterocycles. The second-order valence-corrected chi connectivity index (χ2v) is 9.90. The van der Waals surface area contributed by atoms with E-state index >= 15 is 0 Å². The summed E-state index contributed by atoms with van der Waals surface area (Å²) in [5.41, 5.74) is 0.560. The molecule has 5 nitrogen and oxygen atoms in total. The summed E-state index contributed by atoms with van der Waals surface area (Å²) in [6.07, 6.45) is 19.4. The number of carbonyl (C=O) groups is 2. The molecule has 0 spiro atoms. The predicted molar refractivity (Wildman–Crippen MR) is 141 cm³/mol. The van der Waals surface area contributed by atoms with Crippen LogP contribution in [0.4, 0.5) is 0 Å². The van der Waals surface area contributed by atoms with E-state index in [4.69, 9.17) is 9.84 Å². The lowest BCUT2D eigenvalue weighted by Gasteiger charge is -2.08. The van der Waals surface area contributed by atoms with Gasteiger partial charge in [-0.15, -0.1) is 0 Å². The zero-order valence-electron chi connectivity index (χ0n) is 21.8. The van der Waals surface area contributed by atoms with Crippen LogP contribution in [0.1, 0.15) is 127 Å². The van der Waals surface area contributed by atoms with Gasteiger partial charge >= 0.3 is 5.97 Å². The molecule has 0 aliphatic rings. The minimum Gasteiger partial charge on any atom is -0.494 e.